The summed E-state index contributed by atoms with van der Waals surface area (Å²) in [6.07, 6.45) is 5.50. The molecule has 1 fully saturated rings. The summed E-state index contributed by atoms with van der Waals surface area (Å²) in [5, 5.41) is 3.49. The van der Waals surface area contributed by atoms with E-state index < -0.39 is 0 Å². The van der Waals surface area contributed by atoms with Crippen LogP contribution in [0.15, 0.2) is 0 Å². The Labute approximate surface area is 101 Å². The highest BCUT2D eigenvalue weighted by molar-refractivity contribution is 4.69. The second kappa shape index (κ2) is 8.04. The van der Waals surface area contributed by atoms with E-state index in [1.807, 2.05) is 0 Å². The standard InChI is InChI=1S/C13H28N2O/c1-4-6-12(2)15(3)9-8-14-11-13-7-5-10-16-13/h12-14H,4-11H2,1-3H3. The summed E-state index contributed by atoms with van der Waals surface area (Å²) < 4.78 is 5.57. The Morgan fingerprint density at radius 2 is 2.31 bits per heavy atom. The number of nitrogens with one attached hydrogen (secondary N) is 1. The molecule has 1 aliphatic rings. The predicted molar refractivity (Wildman–Crippen MR) is 68.8 cm³/mol. The van der Waals surface area contributed by atoms with Gasteiger partial charge in [-0.05, 0) is 33.2 Å². The highest BCUT2D eigenvalue weighted by atomic mass is 16.5. The number of likely N-dealkylation sites (N-methyl/N-ethyl adjacent to an activating group) is 1. The quantitative estimate of drug-likeness (QED) is 0.642. The van der Waals surface area contributed by atoms with Crippen molar-refractivity contribution in [3.8, 4) is 0 Å². The summed E-state index contributed by atoms with van der Waals surface area (Å²) in [4.78, 5) is 2.44. The molecule has 0 aliphatic carbocycles. The lowest BCUT2D eigenvalue weighted by Gasteiger charge is -2.24. The van der Waals surface area contributed by atoms with E-state index in [1.54, 1.807) is 0 Å². The average molecular weight is 228 g/mol. The Kier molecular flexibility index (Phi) is 7.01. The molecule has 0 aromatic heterocycles. The smallest absolute Gasteiger partial charge is 0.0700 e. The van der Waals surface area contributed by atoms with Gasteiger partial charge >= 0.3 is 0 Å². The Morgan fingerprint density at radius 3 is 2.94 bits per heavy atom. The minimum atomic E-state index is 0.471. The zero-order chi connectivity index (χ0) is 11.8. The fraction of sp³-hybridized carbons (Fsp3) is 1.00. The van der Waals surface area contributed by atoms with Crippen molar-refractivity contribution in [1.82, 2.24) is 10.2 Å². The molecule has 1 aliphatic heterocycles. The number of hydrogen-bond donors (Lipinski definition) is 1. The largest absolute Gasteiger partial charge is 0.377 e. The SMILES string of the molecule is CCCC(C)N(C)CCNCC1CCCO1. The Morgan fingerprint density at radius 1 is 1.50 bits per heavy atom. The van der Waals surface area contributed by atoms with Gasteiger partial charge in [-0.3, -0.25) is 0 Å². The first-order chi connectivity index (χ1) is 7.74. The summed E-state index contributed by atoms with van der Waals surface area (Å²) in [7, 11) is 2.22. The molecule has 1 rings (SSSR count). The first-order valence-electron chi connectivity index (χ1n) is 6.76. The van der Waals surface area contributed by atoms with Crippen LogP contribution >= 0.6 is 0 Å². The molecule has 0 amide bonds. The van der Waals surface area contributed by atoms with Gasteiger partial charge in [0, 0.05) is 32.3 Å². The lowest BCUT2D eigenvalue weighted by Crippen LogP contribution is -2.37. The lowest BCUT2D eigenvalue weighted by molar-refractivity contribution is 0.109. The van der Waals surface area contributed by atoms with E-state index in [0.29, 0.717) is 12.1 Å². The molecule has 96 valence electrons. The Hall–Kier alpha value is -0.120. The van der Waals surface area contributed by atoms with E-state index in [2.05, 4.69) is 31.1 Å². The second-order valence-electron chi connectivity index (χ2n) is 4.96. The zero-order valence-corrected chi connectivity index (χ0v) is 11.2. The summed E-state index contributed by atoms with van der Waals surface area (Å²) in [6.45, 7) is 8.75. The minimum absolute atomic E-state index is 0.471. The van der Waals surface area contributed by atoms with Gasteiger partial charge in [0.05, 0.1) is 6.10 Å². The van der Waals surface area contributed by atoms with E-state index in [-0.39, 0.29) is 0 Å². The van der Waals surface area contributed by atoms with Crippen molar-refractivity contribution < 1.29 is 4.74 Å². The number of nitrogens with zero attached hydrogens (tertiary/aromatic N) is 1. The molecule has 0 radical (unpaired) electrons. The summed E-state index contributed by atoms with van der Waals surface area (Å²) in [5.41, 5.74) is 0. The lowest BCUT2D eigenvalue weighted by atomic mass is 10.2. The van der Waals surface area contributed by atoms with E-state index >= 15 is 0 Å². The molecule has 0 saturated carbocycles. The Balaban J connectivity index is 1.97. The van der Waals surface area contributed by atoms with Crippen LogP contribution in [-0.4, -0.2) is 50.3 Å². The normalized spacial score (nSPS) is 22.9. The maximum atomic E-state index is 5.57. The molecule has 16 heavy (non-hydrogen) atoms. The summed E-state index contributed by atoms with van der Waals surface area (Å²) >= 11 is 0. The number of hydrogen-bond acceptors (Lipinski definition) is 3. The van der Waals surface area contributed by atoms with Crippen molar-refractivity contribution in [2.45, 2.75) is 51.7 Å². The minimum Gasteiger partial charge on any atom is -0.377 e. The molecule has 2 unspecified atom stereocenters. The molecular formula is C13H28N2O. The van der Waals surface area contributed by atoms with Gasteiger partial charge < -0.3 is 15.0 Å². The summed E-state index contributed by atoms with van der Waals surface area (Å²) in [5.74, 6) is 0. The van der Waals surface area contributed by atoms with Gasteiger partial charge in [-0.15, -0.1) is 0 Å². The van der Waals surface area contributed by atoms with Crippen molar-refractivity contribution in [2.24, 2.45) is 0 Å². The van der Waals surface area contributed by atoms with Crippen LogP contribution in [0.4, 0.5) is 0 Å². The van der Waals surface area contributed by atoms with Gasteiger partial charge in [-0.2, -0.15) is 0 Å². The molecule has 0 bridgehead atoms. The van der Waals surface area contributed by atoms with Crippen LogP contribution in [0, 0.1) is 0 Å². The van der Waals surface area contributed by atoms with Crippen LogP contribution in [0.1, 0.15) is 39.5 Å². The third-order valence-electron chi connectivity index (χ3n) is 3.50. The molecule has 3 heteroatoms. The van der Waals surface area contributed by atoms with Crippen LogP contribution in [0.5, 0.6) is 0 Å². The number of ether oxygens (including phenoxy) is 1. The number of rotatable bonds is 8. The van der Waals surface area contributed by atoms with Crippen molar-refractivity contribution in [2.75, 3.05) is 33.3 Å². The van der Waals surface area contributed by atoms with Crippen LogP contribution in [-0.2, 0) is 4.74 Å². The van der Waals surface area contributed by atoms with Gasteiger partial charge in [0.25, 0.3) is 0 Å². The highest BCUT2D eigenvalue weighted by Gasteiger charge is 2.14. The molecule has 3 nitrogen and oxygen atoms in total. The molecule has 1 N–H and O–H groups in total. The van der Waals surface area contributed by atoms with E-state index in [1.165, 1.54) is 25.7 Å². The van der Waals surface area contributed by atoms with Crippen LogP contribution in [0.3, 0.4) is 0 Å². The van der Waals surface area contributed by atoms with Gasteiger partial charge in [0.2, 0.25) is 0 Å². The molecule has 0 aromatic carbocycles. The second-order valence-corrected chi connectivity index (χ2v) is 4.96. The Bertz CT molecular complexity index is 169. The van der Waals surface area contributed by atoms with Crippen molar-refractivity contribution >= 4 is 0 Å². The van der Waals surface area contributed by atoms with E-state index in [0.717, 1.165) is 26.2 Å². The zero-order valence-electron chi connectivity index (χ0n) is 11.2. The van der Waals surface area contributed by atoms with Crippen LogP contribution in [0.2, 0.25) is 0 Å². The average Bonchev–Trinajstić information content (AvgIpc) is 2.77. The highest BCUT2D eigenvalue weighted by Crippen LogP contribution is 2.10. The molecule has 1 heterocycles. The third-order valence-corrected chi connectivity index (χ3v) is 3.50. The third kappa shape index (κ3) is 5.28. The molecule has 1 saturated heterocycles. The topological polar surface area (TPSA) is 24.5 Å². The van der Waals surface area contributed by atoms with Gasteiger partial charge in [-0.1, -0.05) is 13.3 Å². The molecular weight excluding hydrogens is 200 g/mol. The van der Waals surface area contributed by atoms with Crippen molar-refractivity contribution in [3.63, 3.8) is 0 Å². The molecule has 0 aromatic rings. The van der Waals surface area contributed by atoms with Crippen LogP contribution < -0.4 is 5.32 Å². The predicted octanol–water partition coefficient (Wildman–Crippen LogP) is 1.88. The maximum Gasteiger partial charge on any atom is 0.0700 e. The fourth-order valence-electron chi connectivity index (χ4n) is 2.18. The maximum absolute atomic E-state index is 5.57. The van der Waals surface area contributed by atoms with E-state index in [9.17, 15) is 0 Å². The fourth-order valence-corrected chi connectivity index (χ4v) is 2.18. The van der Waals surface area contributed by atoms with E-state index in [4.69, 9.17) is 4.74 Å². The van der Waals surface area contributed by atoms with Gasteiger partial charge in [0.15, 0.2) is 0 Å². The van der Waals surface area contributed by atoms with Crippen LogP contribution in [0.25, 0.3) is 0 Å². The van der Waals surface area contributed by atoms with Crippen molar-refractivity contribution in [1.29, 1.82) is 0 Å². The van der Waals surface area contributed by atoms with Gasteiger partial charge in [0.1, 0.15) is 0 Å². The molecule has 0 spiro atoms. The summed E-state index contributed by atoms with van der Waals surface area (Å²) in [6, 6.07) is 0.703. The first-order valence-corrected chi connectivity index (χ1v) is 6.76. The monoisotopic (exact) mass is 228 g/mol. The van der Waals surface area contributed by atoms with Crippen molar-refractivity contribution in [3.05, 3.63) is 0 Å². The van der Waals surface area contributed by atoms with Gasteiger partial charge in [-0.25, -0.2) is 0 Å². The first kappa shape index (κ1) is 13.9. The molecule has 2 atom stereocenters.